The molecule has 2 aliphatic rings. The number of nitrogens with one attached hydrogen (secondary N) is 3. The average Bonchev–Trinajstić information content (AvgIpc) is 2.85. The number of carbonyl (C=O) groups excluding carboxylic acids is 1. The number of hydrogen-bond acceptors (Lipinski definition) is 3. The van der Waals surface area contributed by atoms with Gasteiger partial charge in [0.05, 0.1) is 0 Å². The minimum Gasteiger partial charge on any atom is -0.370 e. The molecular formula is C25H29N7O. The summed E-state index contributed by atoms with van der Waals surface area (Å²) < 4.78 is 0. The van der Waals surface area contributed by atoms with E-state index in [1.54, 1.807) is 0 Å². The lowest BCUT2D eigenvalue weighted by Gasteiger charge is -2.26. The van der Waals surface area contributed by atoms with E-state index in [0.717, 1.165) is 42.7 Å². The van der Waals surface area contributed by atoms with Crippen LogP contribution in [0, 0.1) is 10.8 Å². The molecule has 1 amide bonds. The van der Waals surface area contributed by atoms with E-state index in [9.17, 15) is 4.79 Å². The summed E-state index contributed by atoms with van der Waals surface area (Å²) in [4.78, 5) is 16.3. The van der Waals surface area contributed by atoms with Crippen molar-refractivity contribution in [3.05, 3.63) is 77.4 Å². The van der Waals surface area contributed by atoms with Crippen LogP contribution in [0.2, 0.25) is 0 Å². The van der Waals surface area contributed by atoms with E-state index in [4.69, 9.17) is 22.3 Å². The van der Waals surface area contributed by atoms with E-state index < -0.39 is 0 Å². The lowest BCUT2D eigenvalue weighted by Crippen LogP contribution is -2.39. The molecule has 33 heavy (non-hydrogen) atoms. The van der Waals surface area contributed by atoms with E-state index in [2.05, 4.69) is 17.5 Å². The molecular weight excluding hydrogens is 414 g/mol. The van der Waals surface area contributed by atoms with Crippen molar-refractivity contribution in [2.75, 3.05) is 31.5 Å². The van der Waals surface area contributed by atoms with Crippen molar-refractivity contribution in [1.82, 2.24) is 9.80 Å². The van der Waals surface area contributed by atoms with Crippen LogP contribution in [0.15, 0.2) is 60.7 Å². The summed E-state index contributed by atoms with van der Waals surface area (Å²) in [6, 6.07) is 15.4. The van der Waals surface area contributed by atoms with E-state index in [0.29, 0.717) is 18.7 Å². The van der Waals surface area contributed by atoms with Crippen molar-refractivity contribution in [2.24, 2.45) is 11.5 Å². The quantitative estimate of drug-likeness (QED) is 0.366. The third-order valence-corrected chi connectivity index (χ3v) is 6.13. The van der Waals surface area contributed by atoms with Gasteiger partial charge in [0.15, 0.2) is 11.9 Å². The summed E-state index contributed by atoms with van der Waals surface area (Å²) in [6.07, 6.45) is 5.84. The predicted octanol–water partition coefficient (Wildman–Crippen LogP) is 2.90. The first-order valence-electron chi connectivity index (χ1n) is 11.0. The Labute approximate surface area is 193 Å². The molecule has 0 saturated carbocycles. The number of rotatable bonds is 4. The molecule has 4 rings (SSSR count). The van der Waals surface area contributed by atoms with Crippen molar-refractivity contribution < 1.29 is 4.79 Å². The van der Waals surface area contributed by atoms with E-state index in [1.807, 2.05) is 58.3 Å². The van der Waals surface area contributed by atoms with Gasteiger partial charge in [-0.05, 0) is 59.4 Å². The Bertz CT molecular complexity index is 1120. The number of hydrogen-bond donors (Lipinski definition) is 5. The normalized spacial score (nSPS) is 16.0. The molecule has 0 fully saturated rings. The largest absolute Gasteiger partial charge is 0.370 e. The van der Waals surface area contributed by atoms with E-state index in [1.165, 1.54) is 11.1 Å². The van der Waals surface area contributed by atoms with Crippen molar-refractivity contribution in [3.63, 3.8) is 0 Å². The van der Waals surface area contributed by atoms with Crippen LogP contribution >= 0.6 is 0 Å². The third kappa shape index (κ3) is 5.23. The first-order chi connectivity index (χ1) is 15.9. The first-order valence-corrected chi connectivity index (χ1v) is 11.0. The minimum absolute atomic E-state index is 0.0976. The van der Waals surface area contributed by atoms with Gasteiger partial charge < -0.3 is 26.6 Å². The highest BCUT2D eigenvalue weighted by Gasteiger charge is 2.15. The average molecular weight is 444 g/mol. The molecule has 2 heterocycles. The lowest BCUT2D eigenvalue weighted by atomic mass is 9.98. The second-order valence-electron chi connectivity index (χ2n) is 8.23. The molecule has 8 nitrogen and oxygen atoms in total. The summed E-state index contributed by atoms with van der Waals surface area (Å²) in [6.45, 7) is 2.74. The van der Waals surface area contributed by atoms with Gasteiger partial charge >= 0.3 is 0 Å². The van der Waals surface area contributed by atoms with Gasteiger partial charge in [0.1, 0.15) is 0 Å². The molecule has 0 radical (unpaired) electrons. The molecule has 2 aromatic carbocycles. The second-order valence-corrected chi connectivity index (χ2v) is 8.23. The van der Waals surface area contributed by atoms with Crippen LogP contribution in [0.4, 0.5) is 5.69 Å². The second kappa shape index (κ2) is 9.60. The van der Waals surface area contributed by atoms with Gasteiger partial charge in [-0.1, -0.05) is 36.4 Å². The Morgan fingerprint density at radius 2 is 1.21 bits per heavy atom. The van der Waals surface area contributed by atoms with Gasteiger partial charge in [-0.15, -0.1) is 0 Å². The number of carbonyl (C=O) groups is 1. The standard InChI is InChI=1S/C25H29N7O/c26-24(27)31-13-9-19(10-14-31)17-1-3-21(4-2-17)23(33)30-22-7-5-18(6-8-22)20-11-15-32(16-12-20)25(28)29/h1-9,11H,10,12-16H2,(H3,26,27)(H3,28,29)(H,30,33). The van der Waals surface area contributed by atoms with Gasteiger partial charge in [0, 0.05) is 37.4 Å². The number of guanidine groups is 2. The number of benzene rings is 2. The number of nitrogens with two attached hydrogens (primary N) is 2. The van der Waals surface area contributed by atoms with Crippen molar-refractivity contribution in [2.45, 2.75) is 12.8 Å². The highest BCUT2D eigenvalue weighted by molar-refractivity contribution is 6.04. The highest BCUT2D eigenvalue weighted by Crippen LogP contribution is 2.25. The predicted molar refractivity (Wildman–Crippen MR) is 133 cm³/mol. The topological polar surface area (TPSA) is 135 Å². The zero-order valence-corrected chi connectivity index (χ0v) is 18.5. The third-order valence-electron chi connectivity index (χ3n) is 6.13. The maximum absolute atomic E-state index is 12.7. The molecule has 0 bridgehead atoms. The highest BCUT2D eigenvalue weighted by atomic mass is 16.1. The van der Waals surface area contributed by atoms with Crippen LogP contribution in [0.25, 0.3) is 11.1 Å². The summed E-state index contributed by atoms with van der Waals surface area (Å²) >= 11 is 0. The fourth-order valence-electron chi connectivity index (χ4n) is 4.11. The van der Waals surface area contributed by atoms with Crippen molar-refractivity contribution in [3.8, 4) is 0 Å². The maximum Gasteiger partial charge on any atom is 0.255 e. The molecule has 0 spiro atoms. The van der Waals surface area contributed by atoms with Gasteiger partial charge in [0.25, 0.3) is 5.91 Å². The molecule has 0 aliphatic carbocycles. The summed E-state index contributed by atoms with van der Waals surface area (Å²) in [7, 11) is 0. The van der Waals surface area contributed by atoms with Crippen LogP contribution < -0.4 is 16.8 Å². The molecule has 0 atom stereocenters. The van der Waals surface area contributed by atoms with Gasteiger partial charge in [-0.3, -0.25) is 15.6 Å². The fourth-order valence-corrected chi connectivity index (χ4v) is 4.11. The van der Waals surface area contributed by atoms with Crippen LogP contribution in [0.3, 0.4) is 0 Å². The Morgan fingerprint density at radius 1 is 0.758 bits per heavy atom. The Balaban J connectivity index is 1.36. The molecule has 2 aromatic rings. The van der Waals surface area contributed by atoms with Crippen LogP contribution in [-0.4, -0.2) is 53.8 Å². The first kappa shape index (κ1) is 22.1. The molecule has 0 aromatic heterocycles. The van der Waals surface area contributed by atoms with Crippen LogP contribution in [-0.2, 0) is 0 Å². The zero-order chi connectivity index (χ0) is 23.4. The minimum atomic E-state index is -0.149. The monoisotopic (exact) mass is 443 g/mol. The Kier molecular flexibility index (Phi) is 6.44. The summed E-state index contributed by atoms with van der Waals surface area (Å²) in [5.41, 5.74) is 17.1. The number of anilines is 1. The van der Waals surface area contributed by atoms with Crippen molar-refractivity contribution >= 4 is 34.7 Å². The van der Waals surface area contributed by atoms with E-state index >= 15 is 0 Å². The van der Waals surface area contributed by atoms with Crippen LogP contribution in [0.5, 0.6) is 0 Å². The zero-order valence-electron chi connectivity index (χ0n) is 18.5. The number of nitrogens with zero attached hydrogens (tertiary/aromatic N) is 2. The SMILES string of the molecule is N=C(N)N1CC=C(c2ccc(NC(=O)c3ccc(C4=CCN(C(=N)N)CC4)cc3)cc2)CC1. The van der Waals surface area contributed by atoms with Gasteiger partial charge in [-0.2, -0.15) is 0 Å². The Morgan fingerprint density at radius 3 is 1.61 bits per heavy atom. The number of amides is 1. The molecule has 170 valence electrons. The molecule has 8 heteroatoms. The Hall–Kier alpha value is -4.07. The molecule has 0 saturated heterocycles. The molecule has 2 aliphatic heterocycles. The fraction of sp³-hybridized carbons (Fsp3) is 0.240. The van der Waals surface area contributed by atoms with Gasteiger partial charge in [0.2, 0.25) is 0 Å². The van der Waals surface area contributed by atoms with E-state index in [-0.39, 0.29) is 17.8 Å². The molecule has 7 N–H and O–H groups in total. The summed E-state index contributed by atoms with van der Waals surface area (Å²) in [5, 5.41) is 18.0. The van der Waals surface area contributed by atoms with Crippen LogP contribution in [0.1, 0.15) is 34.3 Å². The van der Waals surface area contributed by atoms with Gasteiger partial charge in [-0.25, -0.2) is 0 Å². The smallest absolute Gasteiger partial charge is 0.255 e. The van der Waals surface area contributed by atoms with Crippen molar-refractivity contribution in [1.29, 1.82) is 10.8 Å². The summed E-state index contributed by atoms with van der Waals surface area (Å²) in [5.74, 6) is 0.0515. The maximum atomic E-state index is 12.7. The molecule has 0 unspecified atom stereocenters. The lowest BCUT2D eigenvalue weighted by molar-refractivity contribution is 0.102.